The highest BCUT2D eigenvalue weighted by Gasteiger charge is 2.34. The highest BCUT2D eigenvalue weighted by Crippen LogP contribution is 2.37. The summed E-state index contributed by atoms with van der Waals surface area (Å²) < 4.78 is 10.9. The molecule has 0 bridgehead atoms. The normalized spacial score (nSPS) is 21.4. The van der Waals surface area contributed by atoms with Gasteiger partial charge >= 0.3 is 0 Å². The third-order valence-corrected chi connectivity index (χ3v) is 5.72. The minimum Gasteiger partial charge on any atom is -0.454 e. The fourth-order valence-corrected chi connectivity index (χ4v) is 4.12. The Morgan fingerprint density at radius 3 is 2.85 bits per heavy atom. The summed E-state index contributed by atoms with van der Waals surface area (Å²) in [4.78, 5) is 19.4. The third-order valence-electron chi connectivity index (χ3n) is 5.72. The lowest BCUT2D eigenvalue weighted by Gasteiger charge is -2.40. The molecule has 1 amide bonds. The van der Waals surface area contributed by atoms with Crippen LogP contribution in [0.25, 0.3) is 0 Å². The zero-order chi connectivity index (χ0) is 19.0. The van der Waals surface area contributed by atoms with Crippen LogP contribution in [0.2, 0.25) is 0 Å². The minimum absolute atomic E-state index is 0.0504. The van der Waals surface area contributed by atoms with Crippen LogP contribution in [0, 0.1) is 19.3 Å². The van der Waals surface area contributed by atoms with Crippen molar-refractivity contribution in [3.8, 4) is 11.5 Å². The Hall–Kier alpha value is -2.56. The van der Waals surface area contributed by atoms with E-state index in [0.717, 1.165) is 55.1 Å². The number of pyridine rings is 1. The largest absolute Gasteiger partial charge is 0.454 e. The van der Waals surface area contributed by atoms with Gasteiger partial charge in [0.05, 0.1) is 5.56 Å². The van der Waals surface area contributed by atoms with Crippen molar-refractivity contribution in [1.82, 2.24) is 9.88 Å². The molecule has 0 unspecified atom stereocenters. The lowest BCUT2D eigenvalue weighted by Crippen LogP contribution is -2.45. The van der Waals surface area contributed by atoms with Gasteiger partial charge in [0.15, 0.2) is 11.5 Å². The highest BCUT2D eigenvalue weighted by atomic mass is 16.7. The molecule has 2 aliphatic heterocycles. The van der Waals surface area contributed by atoms with E-state index in [4.69, 9.17) is 9.47 Å². The molecule has 142 valence electrons. The first-order valence-electron chi connectivity index (χ1n) is 9.55. The van der Waals surface area contributed by atoms with Crippen molar-refractivity contribution < 1.29 is 14.3 Å². The number of carbonyl (C=O) groups excluding carboxylic acids is 1. The molecule has 3 heterocycles. The number of fused-ring (bicyclic) bond motifs is 1. The molecule has 1 atom stereocenters. The summed E-state index contributed by atoms with van der Waals surface area (Å²) in [5, 5.41) is 0. The molecule has 0 N–H and O–H groups in total. The van der Waals surface area contributed by atoms with Crippen molar-refractivity contribution in [3.63, 3.8) is 0 Å². The summed E-state index contributed by atoms with van der Waals surface area (Å²) >= 11 is 0. The van der Waals surface area contributed by atoms with Gasteiger partial charge in [-0.3, -0.25) is 9.78 Å². The molecule has 0 radical (unpaired) electrons. The second kappa shape index (κ2) is 6.87. The van der Waals surface area contributed by atoms with Crippen LogP contribution in [0.15, 0.2) is 30.5 Å². The van der Waals surface area contributed by atoms with Crippen LogP contribution >= 0.6 is 0 Å². The number of hydrogen-bond acceptors (Lipinski definition) is 4. The molecular weight excluding hydrogens is 340 g/mol. The predicted molar refractivity (Wildman–Crippen MR) is 103 cm³/mol. The van der Waals surface area contributed by atoms with Gasteiger partial charge in [0.25, 0.3) is 5.91 Å². The van der Waals surface area contributed by atoms with E-state index >= 15 is 0 Å². The van der Waals surface area contributed by atoms with Gasteiger partial charge in [-0.25, -0.2) is 0 Å². The molecule has 5 nitrogen and oxygen atoms in total. The molecule has 5 heteroatoms. The summed E-state index contributed by atoms with van der Waals surface area (Å²) in [5.74, 6) is 1.72. The molecule has 1 aromatic carbocycles. The number of rotatable bonds is 3. The summed E-state index contributed by atoms with van der Waals surface area (Å²) in [5.41, 5.74) is 3.99. The van der Waals surface area contributed by atoms with Crippen molar-refractivity contribution in [2.45, 2.75) is 40.0 Å². The molecular formula is C22H26N2O3. The third kappa shape index (κ3) is 3.64. The van der Waals surface area contributed by atoms with Gasteiger partial charge in [0.2, 0.25) is 6.79 Å². The fourth-order valence-electron chi connectivity index (χ4n) is 4.12. The van der Waals surface area contributed by atoms with E-state index < -0.39 is 0 Å². The number of aromatic nitrogens is 1. The molecule has 0 saturated carbocycles. The number of likely N-dealkylation sites (tertiary alicyclic amines) is 1. The summed E-state index contributed by atoms with van der Waals surface area (Å²) in [6, 6.07) is 8.11. The number of amides is 1. The Bertz CT molecular complexity index is 880. The van der Waals surface area contributed by atoms with Gasteiger partial charge in [-0.15, -0.1) is 0 Å². The van der Waals surface area contributed by atoms with E-state index in [9.17, 15) is 4.79 Å². The first-order valence-corrected chi connectivity index (χ1v) is 9.55. The van der Waals surface area contributed by atoms with E-state index in [2.05, 4.69) is 24.0 Å². The van der Waals surface area contributed by atoms with Crippen molar-refractivity contribution in [2.75, 3.05) is 19.9 Å². The molecule has 0 aliphatic carbocycles. The first-order chi connectivity index (χ1) is 12.9. The average molecular weight is 366 g/mol. The minimum atomic E-state index is 0.0504. The van der Waals surface area contributed by atoms with Gasteiger partial charge in [0, 0.05) is 25.0 Å². The first kappa shape index (κ1) is 17.8. The van der Waals surface area contributed by atoms with Crippen molar-refractivity contribution in [1.29, 1.82) is 0 Å². The second-order valence-electron chi connectivity index (χ2n) is 8.13. The summed E-state index contributed by atoms with van der Waals surface area (Å²) in [6.45, 7) is 8.10. The smallest absolute Gasteiger partial charge is 0.255 e. The van der Waals surface area contributed by atoms with E-state index in [-0.39, 0.29) is 11.3 Å². The molecule has 27 heavy (non-hydrogen) atoms. The Morgan fingerprint density at radius 2 is 2.04 bits per heavy atom. The van der Waals surface area contributed by atoms with Gasteiger partial charge in [-0.05, 0) is 67.9 Å². The molecule has 1 fully saturated rings. The van der Waals surface area contributed by atoms with Crippen LogP contribution in [-0.4, -0.2) is 35.7 Å². The van der Waals surface area contributed by atoms with E-state index in [0.29, 0.717) is 12.4 Å². The van der Waals surface area contributed by atoms with Crippen LogP contribution in [-0.2, 0) is 6.42 Å². The SMILES string of the molecule is Cc1cc(C(=O)N2CCC[C@](C)(Cc3ccc4c(c3)OCO4)C2)cnc1C. The highest BCUT2D eigenvalue weighted by molar-refractivity contribution is 5.94. The van der Waals surface area contributed by atoms with Crippen LogP contribution in [0.1, 0.15) is 46.9 Å². The van der Waals surface area contributed by atoms with Crippen LogP contribution in [0.5, 0.6) is 11.5 Å². The van der Waals surface area contributed by atoms with Crippen LogP contribution in [0.4, 0.5) is 0 Å². The lowest BCUT2D eigenvalue weighted by molar-refractivity contribution is 0.0550. The van der Waals surface area contributed by atoms with E-state index in [1.54, 1.807) is 6.20 Å². The zero-order valence-corrected chi connectivity index (χ0v) is 16.2. The van der Waals surface area contributed by atoms with Gasteiger partial charge < -0.3 is 14.4 Å². The Kier molecular flexibility index (Phi) is 4.54. The molecule has 2 aliphatic rings. The lowest BCUT2D eigenvalue weighted by atomic mass is 9.76. The molecule has 0 spiro atoms. The van der Waals surface area contributed by atoms with Crippen molar-refractivity contribution in [2.24, 2.45) is 5.41 Å². The summed E-state index contributed by atoms with van der Waals surface area (Å²) in [6.07, 6.45) is 4.74. The Balaban J connectivity index is 1.49. The topological polar surface area (TPSA) is 51.7 Å². The maximum atomic E-state index is 13.0. The maximum Gasteiger partial charge on any atom is 0.255 e. The number of aryl methyl sites for hydroxylation is 2. The van der Waals surface area contributed by atoms with E-state index in [1.165, 1.54) is 5.56 Å². The second-order valence-corrected chi connectivity index (χ2v) is 8.13. The summed E-state index contributed by atoms with van der Waals surface area (Å²) in [7, 11) is 0. The van der Waals surface area contributed by atoms with Gasteiger partial charge in [0.1, 0.15) is 0 Å². The van der Waals surface area contributed by atoms with Gasteiger partial charge in [-0.1, -0.05) is 13.0 Å². The zero-order valence-electron chi connectivity index (χ0n) is 16.2. The molecule has 1 aromatic heterocycles. The van der Waals surface area contributed by atoms with Crippen LogP contribution in [0.3, 0.4) is 0 Å². The van der Waals surface area contributed by atoms with Gasteiger partial charge in [-0.2, -0.15) is 0 Å². The molecule has 2 aromatic rings. The average Bonchev–Trinajstić information content (AvgIpc) is 3.11. The standard InChI is InChI=1S/C22H26N2O3/c1-15-9-18(12-23-16(15)2)21(25)24-8-4-7-22(3,13-24)11-17-5-6-19-20(10-17)27-14-26-19/h5-6,9-10,12H,4,7-8,11,13-14H2,1-3H3/t22-/m1/s1. The monoisotopic (exact) mass is 366 g/mol. The molecule has 4 rings (SSSR count). The Labute approximate surface area is 160 Å². The maximum absolute atomic E-state index is 13.0. The number of benzene rings is 1. The van der Waals surface area contributed by atoms with E-state index in [1.807, 2.05) is 30.9 Å². The fraction of sp³-hybridized carbons (Fsp3) is 0.455. The quantitative estimate of drug-likeness (QED) is 0.826. The van der Waals surface area contributed by atoms with Crippen molar-refractivity contribution in [3.05, 3.63) is 52.8 Å². The van der Waals surface area contributed by atoms with Crippen LogP contribution < -0.4 is 9.47 Å². The number of carbonyl (C=O) groups is 1. The number of ether oxygens (including phenoxy) is 2. The Morgan fingerprint density at radius 1 is 1.22 bits per heavy atom. The number of piperidine rings is 1. The van der Waals surface area contributed by atoms with Crippen molar-refractivity contribution >= 4 is 5.91 Å². The predicted octanol–water partition coefficient (Wildman–Crippen LogP) is 3.91. The number of nitrogens with zero attached hydrogens (tertiary/aromatic N) is 2. The number of hydrogen-bond donors (Lipinski definition) is 0. The molecule has 1 saturated heterocycles.